The number of methoxy groups -OCH3 is 1. The zero-order valence-electron chi connectivity index (χ0n) is 30.8. The largest absolute Gasteiger partial charge is 0.493 e. The summed E-state index contributed by atoms with van der Waals surface area (Å²) >= 11 is 8.47. The number of unbranched alkanes of at least 4 members (excludes halogenated alkanes) is 1. The number of carbonyl (C=O) groups is 2. The molecule has 0 aliphatic carbocycles. The van der Waals surface area contributed by atoms with Gasteiger partial charge in [-0.1, -0.05) is 50.4 Å². The first kappa shape index (κ1) is 39.2. The van der Waals surface area contributed by atoms with Gasteiger partial charge in [0.25, 0.3) is 0 Å². The Bertz CT molecular complexity index is 1920. The smallest absolute Gasteiger partial charge is 0.315 e. The second-order valence-electron chi connectivity index (χ2n) is 13.8. The van der Waals surface area contributed by atoms with Gasteiger partial charge in [-0.25, -0.2) is 19.2 Å². The summed E-state index contributed by atoms with van der Waals surface area (Å²) in [7, 11) is 1.60. The maximum atomic E-state index is 13.6. The van der Waals surface area contributed by atoms with Gasteiger partial charge in [-0.05, 0) is 73.6 Å². The Morgan fingerprint density at radius 1 is 1.06 bits per heavy atom. The molecular weight excluding hydrogens is 731 g/mol. The molecule has 3 heterocycles. The van der Waals surface area contributed by atoms with Crippen LogP contribution in [0.2, 0.25) is 5.02 Å². The first-order valence-electron chi connectivity index (χ1n) is 18.6. The Labute approximate surface area is 324 Å². The molecule has 0 saturated carbocycles. The predicted octanol–water partition coefficient (Wildman–Crippen LogP) is 8.17. The minimum atomic E-state index is -0.322. The molecular formula is C40H48ClFN6O5S. The predicted molar refractivity (Wildman–Crippen MR) is 212 cm³/mol. The van der Waals surface area contributed by atoms with Crippen LogP contribution in [0.4, 0.5) is 20.7 Å². The van der Waals surface area contributed by atoms with Gasteiger partial charge in [-0.2, -0.15) is 11.8 Å². The highest BCUT2D eigenvalue weighted by atomic mass is 35.5. The lowest BCUT2D eigenvalue weighted by molar-refractivity contribution is -0.121. The second-order valence-corrected chi connectivity index (χ2v) is 15.4. The fraction of sp³-hybridized carbons (Fsp3) is 0.450. The van der Waals surface area contributed by atoms with Crippen LogP contribution in [0.5, 0.6) is 17.2 Å². The molecule has 5 unspecified atom stereocenters. The highest BCUT2D eigenvalue weighted by molar-refractivity contribution is 8.00. The summed E-state index contributed by atoms with van der Waals surface area (Å²) in [6.45, 7) is 4.99. The van der Waals surface area contributed by atoms with Crippen LogP contribution in [0.25, 0.3) is 10.9 Å². The van der Waals surface area contributed by atoms with Gasteiger partial charge in [0, 0.05) is 41.1 Å². The van der Waals surface area contributed by atoms with Crippen LogP contribution in [-0.2, 0) is 11.4 Å². The third-order valence-corrected chi connectivity index (χ3v) is 11.8. The average molecular weight is 779 g/mol. The molecule has 2 aliphatic heterocycles. The molecule has 2 aliphatic rings. The van der Waals surface area contributed by atoms with Gasteiger partial charge >= 0.3 is 6.03 Å². The average Bonchev–Trinajstić information content (AvgIpc) is 3.73. The zero-order chi connectivity index (χ0) is 38.0. The lowest BCUT2D eigenvalue weighted by Gasteiger charge is -2.24. The number of hydrogen-bond donors (Lipinski definition) is 4. The van der Waals surface area contributed by atoms with Crippen LogP contribution in [0.3, 0.4) is 0 Å². The highest BCUT2D eigenvalue weighted by Crippen LogP contribution is 2.37. The van der Waals surface area contributed by atoms with Crippen LogP contribution in [-0.4, -0.2) is 64.8 Å². The van der Waals surface area contributed by atoms with E-state index in [-0.39, 0.29) is 48.5 Å². The summed E-state index contributed by atoms with van der Waals surface area (Å²) in [5, 5.41) is 14.0. The lowest BCUT2D eigenvalue weighted by Crippen LogP contribution is -2.36. The van der Waals surface area contributed by atoms with E-state index < -0.39 is 0 Å². The molecule has 288 valence electrons. The first-order chi connectivity index (χ1) is 26.2. The second kappa shape index (κ2) is 18.7. The van der Waals surface area contributed by atoms with Crippen molar-refractivity contribution in [2.75, 3.05) is 24.7 Å². The molecule has 2 fully saturated rings. The van der Waals surface area contributed by atoms with Crippen molar-refractivity contribution in [1.29, 1.82) is 0 Å². The van der Waals surface area contributed by atoms with Crippen molar-refractivity contribution in [1.82, 2.24) is 25.9 Å². The molecule has 4 aromatic rings. The summed E-state index contributed by atoms with van der Waals surface area (Å²) in [6.07, 6.45) is 7.06. The van der Waals surface area contributed by atoms with Crippen molar-refractivity contribution in [3.63, 3.8) is 0 Å². The number of anilines is 2. The summed E-state index contributed by atoms with van der Waals surface area (Å²) in [4.78, 5) is 33.4. The quantitative estimate of drug-likeness (QED) is 0.0549. The number of urea groups is 1. The fourth-order valence-electron chi connectivity index (χ4n) is 6.90. The summed E-state index contributed by atoms with van der Waals surface area (Å²) in [5.41, 5.74) is 2.07. The van der Waals surface area contributed by atoms with Crippen molar-refractivity contribution in [2.45, 2.75) is 88.8 Å². The highest BCUT2D eigenvalue weighted by Gasteiger charge is 2.42. The topological polar surface area (TPSA) is 136 Å². The van der Waals surface area contributed by atoms with Gasteiger partial charge < -0.3 is 35.5 Å². The van der Waals surface area contributed by atoms with Crippen LogP contribution in [0.15, 0.2) is 60.9 Å². The molecule has 5 atom stereocenters. The Hall–Kier alpha value is -4.49. The number of rotatable bonds is 19. The molecule has 0 bridgehead atoms. The molecule has 3 amide bonds. The van der Waals surface area contributed by atoms with Crippen LogP contribution in [0.1, 0.15) is 64.4 Å². The number of amides is 3. The Kier molecular flexibility index (Phi) is 13.6. The molecule has 14 heteroatoms. The van der Waals surface area contributed by atoms with Crippen LogP contribution >= 0.6 is 23.4 Å². The number of nitrogens with zero attached hydrogens (tertiary/aromatic N) is 2. The van der Waals surface area contributed by atoms with Gasteiger partial charge in [-0.15, -0.1) is 0 Å². The van der Waals surface area contributed by atoms with E-state index >= 15 is 0 Å². The third-order valence-electron chi connectivity index (χ3n) is 9.99. The number of aromatic nitrogens is 2. The molecule has 4 N–H and O–H groups in total. The molecule has 2 saturated heterocycles. The third kappa shape index (κ3) is 10.2. The van der Waals surface area contributed by atoms with E-state index in [9.17, 15) is 14.0 Å². The molecule has 11 nitrogen and oxygen atoms in total. The molecule has 6 rings (SSSR count). The van der Waals surface area contributed by atoms with E-state index in [1.807, 2.05) is 30.0 Å². The number of halogens is 2. The van der Waals surface area contributed by atoms with Crippen molar-refractivity contribution < 1.29 is 28.2 Å². The van der Waals surface area contributed by atoms with Gasteiger partial charge in [0.1, 0.15) is 30.3 Å². The first-order valence-corrected chi connectivity index (χ1v) is 20.0. The van der Waals surface area contributed by atoms with Gasteiger partial charge in [0.2, 0.25) is 5.91 Å². The number of nitrogens with one attached hydrogen (secondary N) is 4. The Morgan fingerprint density at radius 3 is 2.70 bits per heavy atom. The van der Waals surface area contributed by atoms with E-state index in [1.54, 1.807) is 31.4 Å². The number of ether oxygens (including phenoxy) is 3. The van der Waals surface area contributed by atoms with E-state index in [1.165, 1.54) is 18.5 Å². The maximum Gasteiger partial charge on any atom is 0.315 e. The van der Waals surface area contributed by atoms with Crippen molar-refractivity contribution in [3.05, 3.63) is 77.3 Å². The maximum absolute atomic E-state index is 13.6. The SMILES string of the molecule is CCC(CNC(=O)CCCCC1SCC2NC(=O)NC21)CC(CC)Oc1cc2c(Nc3ccc(OCc4cccc(F)c4)c(Cl)c3)ncnc2cc1OC. The Morgan fingerprint density at radius 2 is 1.93 bits per heavy atom. The molecule has 0 spiro atoms. The van der Waals surface area contributed by atoms with E-state index in [4.69, 9.17) is 25.8 Å². The number of fused-ring (bicyclic) bond motifs is 2. The van der Waals surface area contributed by atoms with Crippen molar-refractivity contribution >= 4 is 57.7 Å². The molecule has 1 aromatic heterocycles. The monoisotopic (exact) mass is 778 g/mol. The molecule has 54 heavy (non-hydrogen) atoms. The fourth-order valence-corrected chi connectivity index (χ4v) is 8.68. The number of hydrogen-bond acceptors (Lipinski definition) is 9. The van der Waals surface area contributed by atoms with Gasteiger partial charge in [0.05, 0.1) is 35.8 Å². The minimum absolute atomic E-state index is 0.0679. The van der Waals surface area contributed by atoms with Crippen molar-refractivity contribution in [2.24, 2.45) is 5.92 Å². The van der Waals surface area contributed by atoms with E-state index in [2.05, 4.69) is 45.1 Å². The molecule has 3 aromatic carbocycles. The van der Waals surface area contributed by atoms with Gasteiger partial charge in [-0.3, -0.25) is 4.79 Å². The van der Waals surface area contributed by atoms with Crippen LogP contribution < -0.4 is 35.5 Å². The summed E-state index contributed by atoms with van der Waals surface area (Å²) in [5.74, 6) is 3.10. The summed E-state index contributed by atoms with van der Waals surface area (Å²) < 4.78 is 31.7. The number of thioether (sulfide) groups is 1. The number of benzene rings is 3. The van der Waals surface area contributed by atoms with E-state index in [0.717, 1.165) is 49.7 Å². The van der Waals surface area contributed by atoms with E-state index in [0.29, 0.717) is 63.1 Å². The van der Waals surface area contributed by atoms with Crippen molar-refractivity contribution in [3.8, 4) is 17.2 Å². The Balaban J connectivity index is 1.03. The standard InChI is InChI=1S/C40H48ClFN6O5S/c1-4-24(20-43-37(49)12-7-6-11-36-38-32(22-54-36)47-40(50)48-38)16-28(5-2)53-35-18-29-31(19-34(35)51-3)44-23-45-39(29)46-27-13-14-33(30(41)17-27)52-21-25-9-8-10-26(42)15-25/h8-10,13-15,17-19,23-24,28,32,36,38H,4-7,11-12,16,20-22H2,1-3H3,(H,43,49)(H,44,45,46)(H2,47,48,50). The molecule has 0 radical (unpaired) electrons. The normalized spacial score (nSPS) is 18.7. The zero-order valence-corrected chi connectivity index (χ0v) is 32.4. The minimum Gasteiger partial charge on any atom is -0.493 e. The van der Waals surface area contributed by atoms with Crippen LogP contribution in [0, 0.1) is 11.7 Å². The lowest BCUT2D eigenvalue weighted by atomic mass is 9.97. The number of carbonyl (C=O) groups excluding carboxylic acids is 2. The van der Waals surface area contributed by atoms with Gasteiger partial charge in [0.15, 0.2) is 11.5 Å². The summed E-state index contributed by atoms with van der Waals surface area (Å²) in [6, 6.07) is 15.7.